The van der Waals surface area contributed by atoms with Gasteiger partial charge in [0, 0.05) is 25.8 Å². The molecule has 1 aromatic carbocycles. The summed E-state index contributed by atoms with van der Waals surface area (Å²) >= 11 is 0. The van der Waals surface area contributed by atoms with Crippen LogP contribution in [0.25, 0.3) is 22.1 Å². The van der Waals surface area contributed by atoms with Crippen LogP contribution in [-0.4, -0.2) is 36.8 Å². The highest BCUT2D eigenvalue weighted by Crippen LogP contribution is 2.21. The molecular formula is C20H22N6O. The number of amides is 1. The molecule has 0 aliphatic rings. The number of nitrogens with zero attached hydrogens (tertiary/aromatic N) is 5. The lowest BCUT2D eigenvalue weighted by atomic mass is 10.1. The maximum atomic E-state index is 12.8. The summed E-state index contributed by atoms with van der Waals surface area (Å²) in [5.41, 5.74) is 5.01. The summed E-state index contributed by atoms with van der Waals surface area (Å²) in [7, 11) is 1.84. The van der Waals surface area contributed by atoms with E-state index >= 15 is 0 Å². The Bertz CT molecular complexity index is 1170. The molecule has 0 bridgehead atoms. The molecule has 138 valence electrons. The van der Waals surface area contributed by atoms with Gasteiger partial charge in [-0.3, -0.25) is 9.48 Å². The third-order valence-corrected chi connectivity index (χ3v) is 4.81. The van der Waals surface area contributed by atoms with Gasteiger partial charge < -0.3 is 9.88 Å². The van der Waals surface area contributed by atoms with Gasteiger partial charge in [0.25, 0.3) is 5.91 Å². The molecule has 0 radical (unpaired) electrons. The Balaban J connectivity index is 1.57. The fourth-order valence-corrected chi connectivity index (χ4v) is 3.60. The number of aryl methyl sites for hydroxylation is 4. The van der Waals surface area contributed by atoms with Crippen molar-refractivity contribution in [2.75, 3.05) is 6.54 Å². The lowest BCUT2D eigenvalue weighted by Crippen LogP contribution is -2.28. The molecule has 7 heteroatoms. The molecule has 3 heterocycles. The van der Waals surface area contributed by atoms with E-state index < -0.39 is 0 Å². The summed E-state index contributed by atoms with van der Waals surface area (Å²) in [4.78, 5) is 21.9. The zero-order chi connectivity index (χ0) is 19.1. The van der Waals surface area contributed by atoms with Crippen LogP contribution in [0.4, 0.5) is 0 Å². The Morgan fingerprint density at radius 2 is 1.93 bits per heavy atom. The van der Waals surface area contributed by atoms with Gasteiger partial charge in [0.15, 0.2) is 5.65 Å². The van der Waals surface area contributed by atoms with Crippen molar-refractivity contribution in [1.82, 2.24) is 29.6 Å². The Morgan fingerprint density at radius 3 is 2.74 bits per heavy atom. The van der Waals surface area contributed by atoms with E-state index in [-0.39, 0.29) is 5.91 Å². The number of aromatic nitrogens is 5. The number of hydrogen-bond acceptors (Lipinski definition) is 4. The highest BCUT2D eigenvalue weighted by Gasteiger charge is 2.17. The molecular weight excluding hydrogens is 340 g/mol. The third-order valence-electron chi connectivity index (χ3n) is 4.81. The third kappa shape index (κ3) is 2.95. The summed E-state index contributed by atoms with van der Waals surface area (Å²) in [5.74, 6) is 0.833. The van der Waals surface area contributed by atoms with Gasteiger partial charge in [-0.05, 0) is 39.0 Å². The zero-order valence-electron chi connectivity index (χ0n) is 15.9. The maximum absolute atomic E-state index is 12.8. The summed E-state index contributed by atoms with van der Waals surface area (Å²) in [6.07, 6.45) is 0. The molecule has 0 saturated heterocycles. The number of benzene rings is 1. The van der Waals surface area contributed by atoms with E-state index in [0.717, 1.165) is 39.3 Å². The minimum absolute atomic E-state index is 0.108. The normalized spacial score (nSPS) is 11.4. The molecule has 0 aliphatic heterocycles. The van der Waals surface area contributed by atoms with Gasteiger partial charge in [-0.15, -0.1) is 0 Å². The average Bonchev–Trinajstić information content (AvgIpc) is 3.10. The molecule has 27 heavy (non-hydrogen) atoms. The average molecular weight is 362 g/mol. The lowest BCUT2D eigenvalue weighted by Gasteiger charge is -2.10. The number of pyridine rings is 1. The van der Waals surface area contributed by atoms with E-state index in [1.807, 2.05) is 58.2 Å². The fourth-order valence-electron chi connectivity index (χ4n) is 3.60. The van der Waals surface area contributed by atoms with Crippen molar-refractivity contribution in [2.45, 2.75) is 27.3 Å². The number of fused-ring (bicyclic) bond motifs is 2. The van der Waals surface area contributed by atoms with Crippen LogP contribution in [-0.2, 0) is 13.6 Å². The molecule has 0 unspecified atom stereocenters. The van der Waals surface area contributed by atoms with Crippen molar-refractivity contribution in [2.24, 2.45) is 7.05 Å². The van der Waals surface area contributed by atoms with E-state index in [1.54, 1.807) is 4.68 Å². The minimum Gasteiger partial charge on any atom is -0.350 e. The first-order chi connectivity index (χ1) is 13.0. The Hall–Kier alpha value is -3.22. The van der Waals surface area contributed by atoms with Crippen molar-refractivity contribution in [3.63, 3.8) is 0 Å². The zero-order valence-corrected chi connectivity index (χ0v) is 15.9. The van der Waals surface area contributed by atoms with Crippen LogP contribution in [0, 0.1) is 20.8 Å². The van der Waals surface area contributed by atoms with Gasteiger partial charge in [-0.1, -0.05) is 12.1 Å². The summed E-state index contributed by atoms with van der Waals surface area (Å²) in [6, 6.07) is 9.85. The number of rotatable bonds is 4. The van der Waals surface area contributed by atoms with Crippen molar-refractivity contribution in [3.05, 3.63) is 53.1 Å². The van der Waals surface area contributed by atoms with Crippen molar-refractivity contribution in [3.8, 4) is 0 Å². The molecule has 0 atom stereocenters. The number of nitrogens with one attached hydrogen (secondary N) is 1. The van der Waals surface area contributed by atoms with Gasteiger partial charge in [-0.2, -0.15) is 5.10 Å². The van der Waals surface area contributed by atoms with E-state index in [1.165, 1.54) is 0 Å². The molecule has 1 N–H and O–H groups in total. The molecule has 0 saturated carbocycles. The fraction of sp³-hybridized carbons (Fsp3) is 0.300. The molecule has 4 rings (SSSR count). The summed E-state index contributed by atoms with van der Waals surface area (Å²) in [6.45, 7) is 6.95. The van der Waals surface area contributed by atoms with E-state index in [9.17, 15) is 4.79 Å². The van der Waals surface area contributed by atoms with Crippen LogP contribution in [0.1, 0.15) is 27.6 Å². The largest absolute Gasteiger partial charge is 0.350 e. The first-order valence-electron chi connectivity index (χ1n) is 8.96. The quantitative estimate of drug-likeness (QED) is 0.605. The second-order valence-electron chi connectivity index (χ2n) is 6.77. The smallest absolute Gasteiger partial charge is 0.252 e. The topological polar surface area (TPSA) is 77.6 Å². The van der Waals surface area contributed by atoms with Crippen molar-refractivity contribution >= 4 is 28.0 Å². The van der Waals surface area contributed by atoms with Gasteiger partial charge in [0.1, 0.15) is 5.82 Å². The molecule has 7 nitrogen and oxygen atoms in total. The maximum Gasteiger partial charge on any atom is 0.252 e. The number of hydrogen-bond donors (Lipinski definition) is 1. The number of carbonyl (C=O) groups excluding carboxylic acids is 1. The first-order valence-corrected chi connectivity index (χ1v) is 8.96. The molecule has 4 aromatic rings. The van der Waals surface area contributed by atoms with Gasteiger partial charge in [0.05, 0.1) is 27.7 Å². The Kier molecular flexibility index (Phi) is 4.14. The van der Waals surface area contributed by atoms with Crippen LogP contribution < -0.4 is 5.32 Å². The van der Waals surface area contributed by atoms with Gasteiger partial charge >= 0.3 is 0 Å². The standard InChI is InChI=1S/C20H22N6O/c1-12-11-15(18-13(2)24-25(4)19(18)22-12)20(27)21-9-10-26-14(3)23-16-7-5-6-8-17(16)26/h5-8,11H,9-10H2,1-4H3,(H,21,27). The summed E-state index contributed by atoms with van der Waals surface area (Å²) in [5, 5.41) is 8.25. The van der Waals surface area contributed by atoms with Gasteiger partial charge in [-0.25, -0.2) is 9.97 Å². The molecule has 0 aliphatic carbocycles. The van der Waals surface area contributed by atoms with Crippen LogP contribution in [0.3, 0.4) is 0 Å². The van der Waals surface area contributed by atoms with Gasteiger partial charge in [0.2, 0.25) is 0 Å². The highest BCUT2D eigenvalue weighted by atomic mass is 16.1. The van der Waals surface area contributed by atoms with E-state index in [0.29, 0.717) is 18.7 Å². The van der Waals surface area contributed by atoms with E-state index in [4.69, 9.17) is 0 Å². The number of para-hydroxylation sites is 2. The second kappa shape index (κ2) is 6.50. The van der Waals surface area contributed by atoms with Crippen molar-refractivity contribution in [1.29, 1.82) is 0 Å². The molecule has 3 aromatic heterocycles. The predicted octanol–water partition coefficient (Wildman–Crippen LogP) is 2.67. The SMILES string of the molecule is Cc1cc(C(=O)NCCn2c(C)nc3ccccc32)c2c(C)nn(C)c2n1. The Morgan fingerprint density at radius 1 is 1.15 bits per heavy atom. The summed E-state index contributed by atoms with van der Waals surface area (Å²) < 4.78 is 3.84. The van der Waals surface area contributed by atoms with Crippen LogP contribution in [0.15, 0.2) is 30.3 Å². The van der Waals surface area contributed by atoms with Crippen LogP contribution >= 0.6 is 0 Å². The number of carbonyl (C=O) groups is 1. The van der Waals surface area contributed by atoms with Crippen LogP contribution in [0.5, 0.6) is 0 Å². The number of imidazole rings is 1. The molecule has 1 amide bonds. The van der Waals surface area contributed by atoms with Crippen LogP contribution in [0.2, 0.25) is 0 Å². The molecule has 0 spiro atoms. The predicted molar refractivity (Wildman–Crippen MR) is 105 cm³/mol. The minimum atomic E-state index is -0.108. The lowest BCUT2D eigenvalue weighted by molar-refractivity contribution is 0.0953. The molecule has 0 fully saturated rings. The monoisotopic (exact) mass is 362 g/mol. The van der Waals surface area contributed by atoms with Crippen molar-refractivity contribution < 1.29 is 4.79 Å². The second-order valence-corrected chi connectivity index (χ2v) is 6.77. The Labute approximate surface area is 157 Å². The van der Waals surface area contributed by atoms with E-state index in [2.05, 4.69) is 25.0 Å². The first kappa shape index (κ1) is 17.2. The highest BCUT2D eigenvalue weighted by molar-refractivity contribution is 6.06.